The van der Waals surface area contributed by atoms with Gasteiger partial charge in [0.2, 0.25) is 5.88 Å². The maximum absolute atomic E-state index is 13.0. The Hall–Kier alpha value is -3.76. The molecule has 2 unspecified atom stereocenters. The number of hydrogen-bond acceptors (Lipinski definition) is 7. The van der Waals surface area contributed by atoms with Gasteiger partial charge in [-0.1, -0.05) is 72.4 Å². The number of aliphatic hydroxyl groups is 1. The summed E-state index contributed by atoms with van der Waals surface area (Å²) < 4.78 is 6.74. The zero-order valence-corrected chi connectivity index (χ0v) is 25.7. The first-order chi connectivity index (χ1) is 20.7. The van der Waals surface area contributed by atoms with Crippen LogP contribution >= 0.6 is 23.2 Å². The van der Waals surface area contributed by atoms with Crippen LogP contribution < -0.4 is 20.9 Å². The minimum atomic E-state index is -0.589. The number of nitrogens with zero attached hydrogens (tertiary/aromatic N) is 3. The van der Waals surface area contributed by atoms with Gasteiger partial charge >= 0.3 is 0 Å². The molecular formula is C32H33Cl2N5O4. The molecule has 0 saturated heterocycles. The van der Waals surface area contributed by atoms with Crippen molar-refractivity contribution in [2.24, 2.45) is 7.05 Å². The monoisotopic (exact) mass is 621 g/mol. The van der Waals surface area contributed by atoms with E-state index in [0.29, 0.717) is 51.2 Å². The van der Waals surface area contributed by atoms with Gasteiger partial charge in [0.05, 0.1) is 40.3 Å². The van der Waals surface area contributed by atoms with Crippen LogP contribution in [0.4, 0.5) is 5.69 Å². The van der Waals surface area contributed by atoms with E-state index < -0.39 is 11.5 Å². The molecule has 0 spiro atoms. The van der Waals surface area contributed by atoms with Crippen molar-refractivity contribution in [2.75, 3.05) is 12.4 Å². The molecule has 3 N–H and O–H groups in total. The van der Waals surface area contributed by atoms with Crippen molar-refractivity contribution in [2.45, 2.75) is 51.3 Å². The molecule has 43 heavy (non-hydrogen) atoms. The number of aromatic nitrogens is 3. The standard InChI is InChI=1S/C32H33Cl2N5O4/c1-18-16-23(32(42)39(2)38-18)30(41)36-26-12-7-9-21(29(26)34)20-8-6-10-22(28(20)33)24-15-14-19(31(37-24)43-3)17-35-25-11-4-5-13-27(25)40/h6-10,12,14-16,25,27,35,40H,4-5,11,13,17H2,1-3H3,(H,36,41). The average molecular weight is 623 g/mol. The van der Waals surface area contributed by atoms with Crippen LogP contribution in [0.5, 0.6) is 5.88 Å². The summed E-state index contributed by atoms with van der Waals surface area (Å²) >= 11 is 13.8. The van der Waals surface area contributed by atoms with E-state index in [0.717, 1.165) is 35.9 Å². The third-order valence-corrected chi connectivity index (χ3v) is 8.47. The number of carbonyl (C=O) groups is 1. The van der Waals surface area contributed by atoms with Crippen LogP contribution in [-0.4, -0.2) is 45.0 Å². The molecule has 1 aliphatic rings. The first-order valence-electron chi connectivity index (χ1n) is 14.1. The maximum Gasteiger partial charge on any atom is 0.279 e. The maximum atomic E-state index is 13.0. The summed E-state index contributed by atoms with van der Waals surface area (Å²) in [5, 5.41) is 21.2. The molecular weight excluding hydrogens is 589 g/mol. The summed E-state index contributed by atoms with van der Waals surface area (Å²) in [6, 6.07) is 16.1. The van der Waals surface area contributed by atoms with Crippen molar-refractivity contribution in [3.05, 3.63) is 91.8 Å². The zero-order chi connectivity index (χ0) is 30.7. The molecule has 2 aromatic heterocycles. The summed E-state index contributed by atoms with van der Waals surface area (Å²) in [5.74, 6) is -0.120. The van der Waals surface area contributed by atoms with Gasteiger partial charge in [0.15, 0.2) is 0 Å². The molecule has 2 atom stereocenters. The highest BCUT2D eigenvalue weighted by Crippen LogP contribution is 2.41. The van der Waals surface area contributed by atoms with Gasteiger partial charge in [-0.3, -0.25) is 9.59 Å². The highest BCUT2D eigenvalue weighted by atomic mass is 35.5. The van der Waals surface area contributed by atoms with Crippen molar-refractivity contribution in [3.8, 4) is 28.3 Å². The number of ether oxygens (including phenoxy) is 1. The molecule has 2 heterocycles. The SMILES string of the molecule is COc1nc(-c2cccc(-c3cccc(NC(=O)c4cc(C)nn(C)c4=O)c3Cl)c2Cl)ccc1CNC1CCCCC1O. The molecule has 0 bridgehead atoms. The number of halogens is 2. The summed E-state index contributed by atoms with van der Waals surface area (Å²) in [5.41, 5.74) is 3.75. The van der Waals surface area contributed by atoms with Gasteiger partial charge in [-0.15, -0.1) is 0 Å². The first kappa shape index (κ1) is 30.7. The molecule has 0 aliphatic heterocycles. The summed E-state index contributed by atoms with van der Waals surface area (Å²) in [4.78, 5) is 30.2. The highest BCUT2D eigenvalue weighted by Gasteiger charge is 2.23. The largest absolute Gasteiger partial charge is 0.481 e. The lowest BCUT2D eigenvalue weighted by molar-refractivity contribution is 0.0901. The number of aryl methyl sites for hydroxylation is 2. The van der Waals surface area contributed by atoms with Crippen molar-refractivity contribution >= 4 is 34.8 Å². The van der Waals surface area contributed by atoms with Crippen LogP contribution in [0.15, 0.2) is 59.4 Å². The van der Waals surface area contributed by atoms with Crippen LogP contribution in [0.25, 0.3) is 22.4 Å². The highest BCUT2D eigenvalue weighted by molar-refractivity contribution is 6.39. The Labute approximate surface area is 259 Å². The number of aliphatic hydroxyl groups excluding tert-OH is 1. The predicted molar refractivity (Wildman–Crippen MR) is 169 cm³/mol. The van der Waals surface area contributed by atoms with Gasteiger partial charge in [-0.05, 0) is 38.0 Å². The van der Waals surface area contributed by atoms with Gasteiger partial charge < -0.3 is 20.5 Å². The molecule has 5 rings (SSSR count). The Morgan fingerprint density at radius 1 is 1.05 bits per heavy atom. The number of benzene rings is 2. The van der Waals surface area contributed by atoms with Crippen molar-refractivity contribution < 1.29 is 14.6 Å². The summed E-state index contributed by atoms with van der Waals surface area (Å²) in [6.45, 7) is 2.22. The fourth-order valence-electron chi connectivity index (χ4n) is 5.40. The van der Waals surface area contributed by atoms with E-state index in [-0.39, 0.29) is 22.7 Å². The average Bonchev–Trinajstić information content (AvgIpc) is 3.00. The number of pyridine rings is 1. The van der Waals surface area contributed by atoms with Gasteiger partial charge in [0.25, 0.3) is 11.5 Å². The van der Waals surface area contributed by atoms with Crippen LogP contribution in [0, 0.1) is 6.92 Å². The van der Waals surface area contributed by atoms with Gasteiger partial charge in [-0.2, -0.15) is 5.10 Å². The Morgan fingerprint density at radius 3 is 2.49 bits per heavy atom. The fraction of sp³-hybridized carbons (Fsp3) is 0.312. The van der Waals surface area contributed by atoms with Crippen molar-refractivity contribution in [3.63, 3.8) is 0 Å². The molecule has 9 nitrogen and oxygen atoms in total. The lowest BCUT2D eigenvalue weighted by atomic mass is 9.92. The Balaban J connectivity index is 1.41. The second-order valence-corrected chi connectivity index (χ2v) is 11.4. The van der Waals surface area contributed by atoms with Crippen LogP contribution in [0.2, 0.25) is 10.0 Å². The Kier molecular flexibility index (Phi) is 9.46. The normalized spacial score (nSPS) is 16.6. The van der Waals surface area contributed by atoms with Crippen LogP contribution in [0.3, 0.4) is 0 Å². The molecule has 224 valence electrons. The fourth-order valence-corrected chi connectivity index (χ4v) is 6.00. The number of rotatable bonds is 8. The van der Waals surface area contributed by atoms with E-state index in [1.54, 1.807) is 32.2 Å². The van der Waals surface area contributed by atoms with E-state index >= 15 is 0 Å². The molecule has 11 heteroatoms. The van der Waals surface area contributed by atoms with E-state index in [2.05, 4.69) is 15.7 Å². The second-order valence-electron chi connectivity index (χ2n) is 10.6. The smallest absolute Gasteiger partial charge is 0.279 e. The van der Waals surface area contributed by atoms with Crippen molar-refractivity contribution in [1.29, 1.82) is 0 Å². The minimum absolute atomic E-state index is 0.0370. The van der Waals surface area contributed by atoms with Gasteiger partial charge in [-0.25, -0.2) is 9.67 Å². The molecule has 1 saturated carbocycles. The second kappa shape index (κ2) is 13.3. The van der Waals surface area contributed by atoms with Gasteiger partial charge in [0, 0.05) is 41.9 Å². The number of hydrogen-bond donors (Lipinski definition) is 3. The van der Waals surface area contributed by atoms with Crippen LogP contribution in [0.1, 0.15) is 47.3 Å². The molecule has 0 radical (unpaired) electrons. The number of amides is 1. The number of carbonyl (C=O) groups excluding carboxylic acids is 1. The molecule has 1 fully saturated rings. The Morgan fingerprint density at radius 2 is 1.74 bits per heavy atom. The third kappa shape index (κ3) is 6.60. The zero-order valence-electron chi connectivity index (χ0n) is 24.2. The summed E-state index contributed by atoms with van der Waals surface area (Å²) in [6.07, 6.45) is 3.55. The van der Waals surface area contributed by atoms with E-state index in [1.165, 1.54) is 13.1 Å². The number of nitrogens with one attached hydrogen (secondary N) is 2. The quantitative estimate of drug-likeness (QED) is 0.228. The lowest BCUT2D eigenvalue weighted by Crippen LogP contribution is -2.41. The van der Waals surface area contributed by atoms with Crippen LogP contribution in [-0.2, 0) is 13.6 Å². The first-order valence-corrected chi connectivity index (χ1v) is 14.8. The lowest BCUT2D eigenvalue weighted by Gasteiger charge is -2.28. The minimum Gasteiger partial charge on any atom is -0.481 e. The Bertz CT molecular complexity index is 1720. The molecule has 1 aliphatic carbocycles. The van der Waals surface area contributed by atoms with Crippen molar-refractivity contribution in [1.82, 2.24) is 20.1 Å². The molecule has 1 amide bonds. The third-order valence-electron chi connectivity index (χ3n) is 7.66. The van der Waals surface area contributed by atoms with E-state index in [9.17, 15) is 14.7 Å². The van der Waals surface area contributed by atoms with E-state index in [4.69, 9.17) is 32.9 Å². The topological polar surface area (TPSA) is 118 Å². The molecule has 2 aromatic carbocycles. The predicted octanol–water partition coefficient (Wildman–Crippen LogP) is 5.78. The molecule has 4 aromatic rings. The summed E-state index contributed by atoms with van der Waals surface area (Å²) in [7, 11) is 3.07. The van der Waals surface area contributed by atoms with Gasteiger partial charge in [0.1, 0.15) is 5.56 Å². The number of methoxy groups -OCH3 is 1. The number of anilines is 1. The van der Waals surface area contributed by atoms with E-state index in [1.807, 2.05) is 30.3 Å².